The highest BCUT2D eigenvalue weighted by molar-refractivity contribution is 5.80. The van der Waals surface area contributed by atoms with E-state index in [1.165, 1.54) is 212 Å². The fourth-order valence-corrected chi connectivity index (χ4v) is 9.40. The van der Waals surface area contributed by atoms with Gasteiger partial charge in [0.2, 0.25) is 5.91 Å². The molecule has 0 aromatic rings. The van der Waals surface area contributed by atoms with Gasteiger partial charge in [0.15, 0.2) is 6.29 Å². The zero-order valence-corrected chi connectivity index (χ0v) is 44.2. The van der Waals surface area contributed by atoms with Gasteiger partial charge in [-0.2, -0.15) is 0 Å². The summed E-state index contributed by atoms with van der Waals surface area (Å²) in [6.07, 6.45) is 50.0. The lowest BCUT2D eigenvalue weighted by atomic mass is 9.99. The van der Waals surface area contributed by atoms with E-state index in [2.05, 4.69) is 31.3 Å². The number of carbonyl (C=O) groups is 1. The van der Waals surface area contributed by atoms with E-state index >= 15 is 0 Å². The molecular weight excluding hydrogens is 855 g/mol. The summed E-state index contributed by atoms with van der Waals surface area (Å²) in [7, 11) is 0. The van der Waals surface area contributed by atoms with Crippen LogP contribution < -0.4 is 5.32 Å². The van der Waals surface area contributed by atoms with Crippen LogP contribution >= 0.6 is 0 Å². The van der Waals surface area contributed by atoms with Crippen LogP contribution in [0.3, 0.4) is 0 Å². The molecule has 10 nitrogen and oxygen atoms in total. The standard InChI is InChI=1S/C58H111NO9/c1-3-5-7-9-11-13-15-17-19-20-21-22-23-24-25-26-27-28-29-30-31-33-35-37-39-41-43-45-47-52(62)57(66)59-50(49-67-58-56(65)55(64)54(63)53(48-60)68-58)51(61)46-44-42-40-38-36-34-32-18-16-14-12-10-8-6-4-2/h24-25,44,46,50-56,58,60-65H,3-23,26-43,45,47-49H2,1-2H3,(H,59,66)/b25-24-,46-44+. The molecule has 1 aliphatic rings. The third-order valence-electron chi connectivity index (χ3n) is 14.1. The van der Waals surface area contributed by atoms with E-state index in [0.29, 0.717) is 6.42 Å². The third-order valence-corrected chi connectivity index (χ3v) is 14.1. The summed E-state index contributed by atoms with van der Waals surface area (Å²) >= 11 is 0. The van der Waals surface area contributed by atoms with Crippen molar-refractivity contribution in [2.24, 2.45) is 0 Å². The largest absolute Gasteiger partial charge is 0.394 e. The summed E-state index contributed by atoms with van der Waals surface area (Å²) in [6.45, 7) is 3.64. The summed E-state index contributed by atoms with van der Waals surface area (Å²) < 4.78 is 11.2. The Labute approximate surface area is 418 Å². The Bertz CT molecular complexity index is 1140. The second kappa shape index (κ2) is 47.9. The van der Waals surface area contributed by atoms with E-state index in [1.807, 2.05) is 6.08 Å². The first-order valence-corrected chi connectivity index (χ1v) is 29.2. The van der Waals surface area contributed by atoms with Gasteiger partial charge in [0, 0.05) is 0 Å². The molecule has 0 aliphatic carbocycles. The summed E-state index contributed by atoms with van der Waals surface area (Å²) in [5, 5.41) is 65.0. The molecular formula is C58H111NO9. The maximum atomic E-state index is 13.1. The molecule has 0 bridgehead atoms. The molecule has 8 unspecified atom stereocenters. The smallest absolute Gasteiger partial charge is 0.249 e. The molecule has 7 N–H and O–H groups in total. The molecule has 0 spiro atoms. The molecule has 1 heterocycles. The molecule has 1 aliphatic heterocycles. The maximum absolute atomic E-state index is 13.1. The molecule has 1 rings (SSSR count). The van der Waals surface area contributed by atoms with Crippen LogP contribution in [-0.4, -0.2) is 98.7 Å². The summed E-state index contributed by atoms with van der Waals surface area (Å²) in [6, 6.07) is -0.978. The highest BCUT2D eigenvalue weighted by atomic mass is 16.7. The van der Waals surface area contributed by atoms with E-state index in [9.17, 15) is 35.4 Å². The third kappa shape index (κ3) is 36.5. The molecule has 1 saturated heterocycles. The Morgan fingerprint density at radius 3 is 1.24 bits per heavy atom. The Balaban J connectivity index is 2.22. The predicted molar refractivity (Wildman–Crippen MR) is 283 cm³/mol. The van der Waals surface area contributed by atoms with Crippen molar-refractivity contribution in [3.8, 4) is 0 Å². The maximum Gasteiger partial charge on any atom is 0.249 e. The Morgan fingerprint density at radius 1 is 0.500 bits per heavy atom. The Morgan fingerprint density at radius 2 is 0.853 bits per heavy atom. The minimum atomic E-state index is -1.61. The van der Waals surface area contributed by atoms with Crippen molar-refractivity contribution in [3.05, 3.63) is 24.3 Å². The van der Waals surface area contributed by atoms with Gasteiger partial charge in [-0.25, -0.2) is 0 Å². The first kappa shape index (κ1) is 64.6. The monoisotopic (exact) mass is 966 g/mol. The normalized spacial score (nSPS) is 20.1. The molecule has 8 atom stereocenters. The summed E-state index contributed by atoms with van der Waals surface area (Å²) in [5.41, 5.74) is 0. The number of hydrogen-bond acceptors (Lipinski definition) is 9. The number of aliphatic hydroxyl groups excluding tert-OH is 6. The van der Waals surface area contributed by atoms with Gasteiger partial charge in [-0.05, 0) is 44.9 Å². The highest BCUT2D eigenvalue weighted by Crippen LogP contribution is 2.23. The number of ether oxygens (including phenoxy) is 2. The first-order chi connectivity index (χ1) is 33.3. The van der Waals surface area contributed by atoms with Crippen molar-refractivity contribution in [1.29, 1.82) is 0 Å². The number of carbonyl (C=O) groups excluding carboxylic acids is 1. The van der Waals surface area contributed by atoms with Crippen LogP contribution in [-0.2, 0) is 14.3 Å². The van der Waals surface area contributed by atoms with Crippen LogP contribution in [0.2, 0.25) is 0 Å². The van der Waals surface area contributed by atoms with Gasteiger partial charge in [-0.15, -0.1) is 0 Å². The zero-order valence-electron chi connectivity index (χ0n) is 44.2. The lowest BCUT2D eigenvalue weighted by molar-refractivity contribution is -0.302. The molecule has 0 aromatic carbocycles. The predicted octanol–water partition coefficient (Wildman–Crippen LogP) is 13.2. The van der Waals surface area contributed by atoms with E-state index in [1.54, 1.807) is 6.08 Å². The fourth-order valence-electron chi connectivity index (χ4n) is 9.40. The number of aliphatic hydroxyl groups is 6. The first-order valence-electron chi connectivity index (χ1n) is 29.2. The van der Waals surface area contributed by atoms with Crippen molar-refractivity contribution in [1.82, 2.24) is 5.32 Å². The molecule has 0 aromatic heterocycles. The van der Waals surface area contributed by atoms with E-state index in [-0.39, 0.29) is 6.61 Å². The van der Waals surface area contributed by atoms with Gasteiger partial charge in [-0.3, -0.25) is 4.79 Å². The average molecular weight is 967 g/mol. The minimum absolute atomic E-state index is 0.303. The quantitative estimate of drug-likeness (QED) is 0.0232. The van der Waals surface area contributed by atoms with E-state index in [0.717, 1.165) is 44.9 Å². The van der Waals surface area contributed by atoms with Crippen molar-refractivity contribution in [3.63, 3.8) is 0 Å². The topological polar surface area (TPSA) is 169 Å². The van der Waals surface area contributed by atoms with Crippen LogP contribution in [0.5, 0.6) is 0 Å². The second-order valence-corrected chi connectivity index (χ2v) is 20.6. The number of rotatable bonds is 50. The molecule has 402 valence electrons. The van der Waals surface area contributed by atoms with Gasteiger partial charge in [-0.1, -0.05) is 256 Å². The van der Waals surface area contributed by atoms with Gasteiger partial charge < -0.3 is 45.4 Å². The van der Waals surface area contributed by atoms with Crippen molar-refractivity contribution in [2.75, 3.05) is 13.2 Å². The number of amides is 1. The fraction of sp³-hybridized carbons (Fsp3) is 0.914. The van der Waals surface area contributed by atoms with Crippen molar-refractivity contribution >= 4 is 5.91 Å². The van der Waals surface area contributed by atoms with Gasteiger partial charge >= 0.3 is 0 Å². The summed E-state index contributed by atoms with van der Waals surface area (Å²) in [5.74, 6) is -0.613. The molecule has 10 heteroatoms. The van der Waals surface area contributed by atoms with E-state index in [4.69, 9.17) is 9.47 Å². The number of unbranched alkanes of at least 4 members (excludes halogenated alkanes) is 37. The Kier molecular flexibility index (Phi) is 45.6. The average Bonchev–Trinajstić information content (AvgIpc) is 3.34. The molecule has 0 radical (unpaired) electrons. The number of nitrogens with one attached hydrogen (secondary N) is 1. The van der Waals surface area contributed by atoms with Gasteiger partial charge in [0.1, 0.15) is 30.5 Å². The van der Waals surface area contributed by atoms with Crippen LogP contribution in [0.1, 0.15) is 277 Å². The highest BCUT2D eigenvalue weighted by Gasteiger charge is 2.44. The number of allylic oxidation sites excluding steroid dienone is 3. The van der Waals surface area contributed by atoms with Crippen LogP contribution in [0.25, 0.3) is 0 Å². The molecule has 1 amide bonds. The van der Waals surface area contributed by atoms with Crippen molar-refractivity contribution < 1.29 is 44.9 Å². The number of hydrogen-bond donors (Lipinski definition) is 7. The second-order valence-electron chi connectivity index (χ2n) is 20.6. The molecule has 1 fully saturated rings. The zero-order chi connectivity index (χ0) is 49.6. The lowest BCUT2D eigenvalue weighted by Gasteiger charge is -2.40. The van der Waals surface area contributed by atoms with Gasteiger partial charge in [0.05, 0.1) is 25.4 Å². The minimum Gasteiger partial charge on any atom is -0.394 e. The molecule has 68 heavy (non-hydrogen) atoms. The van der Waals surface area contributed by atoms with Gasteiger partial charge in [0.25, 0.3) is 0 Å². The molecule has 0 saturated carbocycles. The van der Waals surface area contributed by atoms with Crippen LogP contribution in [0, 0.1) is 0 Å². The van der Waals surface area contributed by atoms with Crippen molar-refractivity contribution in [2.45, 2.75) is 326 Å². The summed E-state index contributed by atoms with van der Waals surface area (Å²) in [4.78, 5) is 13.1. The lowest BCUT2D eigenvalue weighted by Crippen LogP contribution is -2.60. The SMILES string of the molecule is CCCCCCCCCCCCCC/C=C\CCCCCCCCCCCCCCC(O)C(=O)NC(COC1OC(CO)C(O)C(O)C1O)C(O)/C=C/CCCCCCCCCCCCCCC. The van der Waals surface area contributed by atoms with E-state index < -0.39 is 61.5 Å². The van der Waals surface area contributed by atoms with Crippen LogP contribution in [0.4, 0.5) is 0 Å². The van der Waals surface area contributed by atoms with Crippen LogP contribution in [0.15, 0.2) is 24.3 Å². The Hall–Kier alpha value is -1.37.